The molecule has 4 heterocycles. The average molecular weight is 556 g/mol. The van der Waals surface area contributed by atoms with Gasteiger partial charge < -0.3 is 15.2 Å². The van der Waals surface area contributed by atoms with E-state index in [1.807, 2.05) is 11.3 Å². The summed E-state index contributed by atoms with van der Waals surface area (Å²) in [5.74, 6) is 7.93. The van der Waals surface area contributed by atoms with Gasteiger partial charge in [0, 0.05) is 35.2 Å². The molecule has 2 aromatic heterocycles. The fourth-order valence-corrected chi connectivity index (χ4v) is 8.91. The second-order valence-corrected chi connectivity index (χ2v) is 13.7. The van der Waals surface area contributed by atoms with Crippen molar-refractivity contribution in [1.82, 2.24) is 25.1 Å². The lowest BCUT2D eigenvalue weighted by molar-refractivity contribution is 0.0736. The molecule has 2 saturated heterocycles. The fourth-order valence-electron chi connectivity index (χ4n) is 7.62. The summed E-state index contributed by atoms with van der Waals surface area (Å²) in [7, 11) is 0. The Bertz CT molecular complexity index is 1350. The van der Waals surface area contributed by atoms with Crippen molar-refractivity contribution in [2.75, 3.05) is 32.7 Å². The molecule has 1 atom stereocenters. The van der Waals surface area contributed by atoms with Crippen LogP contribution < -0.4 is 10.6 Å². The molecule has 4 fully saturated rings. The van der Waals surface area contributed by atoms with Crippen molar-refractivity contribution in [3.8, 4) is 22.4 Å². The molecule has 0 radical (unpaired) electrons. The van der Waals surface area contributed by atoms with Crippen molar-refractivity contribution >= 4 is 22.2 Å². The lowest BCUT2D eigenvalue weighted by atomic mass is 9.78. The zero-order chi connectivity index (χ0) is 26.8. The van der Waals surface area contributed by atoms with Crippen LogP contribution in [0.3, 0.4) is 0 Å². The van der Waals surface area contributed by atoms with Crippen molar-refractivity contribution in [3.05, 3.63) is 41.0 Å². The summed E-state index contributed by atoms with van der Waals surface area (Å²) >= 11 is 1.94. The summed E-state index contributed by atoms with van der Waals surface area (Å²) in [5, 5.41) is 9.69. The van der Waals surface area contributed by atoms with Crippen molar-refractivity contribution in [1.29, 1.82) is 0 Å². The van der Waals surface area contributed by atoms with Crippen LogP contribution in [0.5, 0.6) is 0 Å². The molecule has 2 aliphatic carbocycles. The Balaban J connectivity index is 1.20. The highest BCUT2D eigenvalue weighted by Gasteiger charge is 2.43. The molecule has 2 aliphatic heterocycles. The second kappa shape index (κ2) is 12.0. The van der Waals surface area contributed by atoms with E-state index in [0.29, 0.717) is 6.04 Å². The van der Waals surface area contributed by atoms with Gasteiger partial charge in [-0.1, -0.05) is 31.6 Å². The molecule has 0 unspecified atom stereocenters. The summed E-state index contributed by atoms with van der Waals surface area (Å²) in [6, 6.07) is 9.84. The highest BCUT2D eigenvalue weighted by Crippen LogP contribution is 2.48. The number of fused-ring (bicyclic) bond motifs is 1. The van der Waals surface area contributed by atoms with Crippen LogP contribution >= 0.6 is 11.3 Å². The molecule has 2 saturated carbocycles. The van der Waals surface area contributed by atoms with Crippen LogP contribution in [0.15, 0.2) is 30.5 Å². The van der Waals surface area contributed by atoms with Crippen LogP contribution in [0.4, 0.5) is 0 Å². The standard InChI is InChI=1S/C34H45N5S/c1-2-16-34(17-3-1,39-20-4-5-21-39)32-30(12-8-18-35-24-26-9-6-10-26)37-33(40-32)28-13-14-31-27(23-28)15-22-38(31)25-29-11-7-19-36-29/h13-15,22-23,26,29,35-36H,1-7,9-11,16-21,24-25H2/t29-/m0/s1. The number of likely N-dealkylation sites (tertiary alicyclic amines) is 1. The minimum absolute atomic E-state index is 0.121. The number of rotatable bonds is 8. The average Bonchev–Trinajstić information content (AvgIpc) is 3.78. The first-order valence-corrected chi connectivity index (χ1v) is 16.9. The molecule has 0 bridgehead atoms. The van der Waals surface area contributed by atoms with E-state index in [1.165, 1.54) is 111 Å². The quantitative estimate of drug-likeness (QED) is 0.246. The summed E-state index contributed by atoms with van der Waals surface area (Å²) < 4.78 is 2.42. The minimum Gasteiger partial charge on any atom is -0.346 e. The van der Waals surface area contributed by atoms with E-state index in [1.54, 1.807) is 0 Å². The Hall–Kier alpha value is -2.17. The summed E-state index contributed by atoms with van der Waals surface area (Å²) in [5.41, 5.74) is 3.73. The zero-order valence-electron chi connectivity index (χ0n) is 24.0. The highest BCUT2D eigenvalue weighted by atomic mass is 32.1. The number of hydrogen-bond donors (Lipinski definition) is 2. The maximum absolute atomic E-state index is 5.30. The molecule has 0 spiro atoms. The first kappa shape index (κ1) is 26.7. The molecular formula is C34H45N5S. The third-order valence-electron chi connectivity index (χ3n) is 10.1. The zero-order valence-corrected chi connectivity index (χ0v) is 24.8. The van der Waals surface area contributed by atoms with Gasteiger partial charge in [-0.2, -0.15) is 0 Å². The summed E-state index contributed by atoms with van der Waals surface area (Å²) in [4.78, 5) is 9.56. The number of thiazole rings is 1. The SMILES string of the molecule is C(#Cc1nc(-c2ccc3c(ccn3C[C@@H]3CCCN3)c2)sc1C1(N2CCCC2)CCCCC1)CNCC1CCC1. The highest BCUT2D eigenvalue weighted by molar-refractivity contribution is 7.15. The van der Waals surface area contributed by atoms with Gasteiger partial charge >= 0.3 is 0 Å². The first-order valence-electron chi connectivity index (χ1n) is 16.1. The van der Waals surface area contributed by atoms with E-state index in [4.69, 9.17) is 4.98 Å². The van der Waals surface area contributed by atoms with Gasteiger partial charge in [0.1, 0.15) is 10.7 Å². The van der Waals surface area contributed by atoms with E-state index in [-0.39, 0.29) is 5.54 Å². The van der Waals surface area contributed by atoms with Gasteiger partial charge in [0.2, 0.25) is 0 Å². The van der Waals surface area contributed by atoms with Crippen molar-refractivity contribution < 1.29 is 0 Å². The molecular weight excluding hydrogens is 510 g/mol. The molecule has 7 rings (SSSR count). The molecule has 0 amide bonds. The predicted octanol–water partition coefficient (Wildman–Crippen LogP) is 6.51. The van der Waals surface area contributed by atoms with Gasteiger partial charge in [0.15, 0.2) is 0 Å². The van der Waals surface area contributed by atoms with Gasteiger partial charge in [0.25, 0.3) is 0 Å². The smallest absolute Gasteiger partial charge is 0.129 e. The lowest BCUT2D eigenvalue weighted by Gasteiger charge is -2.44. The van der Waals surface area contributed by atoms with E-state index < -0.39 is 0 Å². The topological polar surface area (TPSA) is 45.1 Å². The third kappa shape index (κ3) is 5.39. The van der Waals surface area contributed by atoms with Crippen LogP contribution in [-0.2, 0) is 12.1 Å². The van der Waals surface area contributed by atoms with Gasteiger partial charge in [-0.05, 0) is 114 Å². The van der Waals surface area contributed by atoms with Crippen LogP contribution in [0.25, 0.3) is 21.5 Å². The van der Waals surface area contributed by atoms with Crippen LogP contribution in [0, 0.1) is 17.8 Å². The van der Waals surface area contributed by atoms with Gasteiger partial charge in [-0.25, -0.2) is 4.98 Å². The summed E-state index contributed by atoms with van der Waals surface area (Å²) in [6.07, 6.45) is 18.1. The Morgan fingerprint density at radius 2 is 1.88 bits per heavy atom. The maximum Gasteiger partial charge on any atom is 0.129 e. The maximum atomic E-state index is 5.30. The lowest BCUT2D eigenvalue weighted by Crippen LogP contribution is -2.46. The van der Waals surface area contributed by atoms with Gasteiger partial charge in [-0.15, -0.1) is 11.3 Å². The molecule has 3 aromatic rings. The molecule has 2 N–H and O–H groups in total. The number of nitrogens with zero attached hydrogens (tertiary/aromatic N) is 3. The van der Waals surface area contributed by atoms with Gasteiger partial charge in [-0.3, -0.25) is 4.90 Å². The summed E-state index contributed by atoms with van der Waals surface area (Å²) in [6.45, 7) is 6.52. The van der Waals surface area contributed by atoms with E-state index in [0.717, 1.165) is 42.8 Å². The van der Waals surface area contributed by atoms with E-state index in [2.05, 4.69) is 62.4 Å². The van der Waals surface area contributed by atoms with Crippen molar-refractivity contribution in [2.24, 2.45) is 5.92 Å². The Labute approximate surface area is 244 Å². The van der Waals surface area contributed by atoms with Crippen LogP contribution in [0.2, 0.25) is 0 Å². The molecule has 5 nitrogen and oxygen atoms in total. The molecule has 4 aliphatic rings. The number of nitrogens with one attached hydrogen (secondary N) is 2. The first-order chi connectivity index (χ1) is 19.8. The van der Waals surface area contributed by atoms with Gasteiger partial charge in [0.05, 0.1) is 17.0 Å². The Kier molecular flexibility index (Phi) is 8.00. The largest absolute Gasteiger partial charge is 0.346 e. The Morgan fingerprint density at radius 1 is 1.00 bits per heavy atom. The van der Waals surface area contributed by atoms with E-state index >= 15 is 0 Å². The number of benzene rings is 1. The molecule has 40 heavy (non-hydrogen) atoms. The minimum atomic E-state index is 0.121. The predicted molar refractivity (Wildman–Crippen MR) is 167 cm³/mol. The van der Waals surface area contributed by atoms with Crippen LogP contribution in [-0.4, -0.2) is 53.2 Å². The van der Waals surface area contributed by atoms with Crippen LogP contribution in [0.1, 0.15) is 87.6 Å². The number of hydrogen-bond acceptors (Lipinski definition) is 5. The Morgan fingerprint density at radius 3 is 2.65 bits per heavy atom. The molecule has 212 valence electrons. The van der Waals surface area contributed by atoms with Crippen molar-refractivity contribution in [3.63, 3.8) is 0 Å². The molecule has 6 heteroatoms. The number of aromatic nitrogens is 2. The normalized spacial score (nSPS) is 23.4. The van der Waals surface area contributed by atoms with E-state index in [9.17, 15) is 0 Å². The second-order valence-electron chi connectivity index (χ2n) is 12.7. The molecule has 1 aromatic carbocycles. The van der Waals surface area contributed by atoms with Crippen molar-refractivity contribution in [2.45, 2.75) is 95.2 Å². The monoisotopic (exact) mass is 555 g/mol. The fraction of sp³-hybridized carbons (Fsp3) is 0.618. The third-order valence-corrected chi connectivity index (χ3v) is 11.4.